The fourth-order valence-corrected chi connectivity index (χ4v) is 2.46. The molecule has 126 valence electrons. The average Bonchev–Trinajstić information content (AvgIpc) is 2.78. The molecule has 0 N–H and O–H groups in total. The monoisotopic (exact) mass is 319 g/mol. The van der Waals surface area contributed by atoms with E-state index in [1.54, 1.807) is 0 Å². The lowest BCUT2D eigenvalue weighted by Crippen LogP contribution is -2.44. The molecule has 1 heterocycles. The van der Waals surface area contributed by atoms with E-state index >= 15 is 0 Å². The molecule has 0 spiro atoms. The molecule has 5 heteroatoms. The molecule has 0 radical (unpaired) electrons. The van der Waals surface area contributed by atoms with Crippen LogP contribution in [0.1, 0.15) is 39.7 Å². The molecule has 0 aliphatic carbocycles. The van der Waals surface area contributed by atoms with Gasteiger partial charge in [-0.15, -0.1) is 0 Å². The maximum atomic E-state index is 12.5. The minimum absolute atomic E-state index is 0.193. The van der Waals surface area contributed by atoms with Gasteiger partial charge in [0.25, 0.3) is 0 Å². The lowest BCUT2D eigenvalue weighted by Gasteiger charge is -2.30. The lowest BCUT2D eigenvalue weighted by atomic mass is 10.1. The van der Waals surface area contributed by atoms with Crippen LogP contribution in [0.3, 0.4) is 0 Å². The van der Waals surface area contributed by atoms with Crippen LogP contribution in [-0.2, 0) is 20.7 Å². The van der Waals surface area contributed by atoms with Crippen molar-refractivity contribution in [1.29, 1.82) is 0 Å². The third-order valence-corrected chi connectivity index (χ3v) is 3.67. The van der Waals surface area contributed by atoms with Crippen molar-refractivity contribution in [3.63, 3.8) is 0 Å². The smallest absolute Gasteiger partial charge is 0.413 e. The van der Waals surface area contributed by atoms with Crippen molar-refractivity contribution in [2.75, 3.05) is 6.54 Å². The molecule has 0 saturated carbocycles. The molecule has 2 atom stereocenters. The van der Waals surface area contributed by atoms with Crippen molar-refractivity contribution in [3.8, 4) is 0 Å². The topological polar surface area (TPSA) is 55.8 Å². The molecule has 1 saturated heterocycles. The molecular formula is C18H25NO4. The average molecular weight is 319 g/mol. The second-order valence-electron chi connectivity index (χ2n) is 6.94. The number of carbonyl (C=O) groups is 2. The van der Waals surface area contributed by atoms with Crippen LogP contribution in [0, 0.1) is 5.92 Å². The van der Waals surface area contributed by atoms with E-state index in [0.717, 1.165) is 5.56 Å². The van der Waals surface area contributed by atoms with Crippen molar-refractivity contribution in [3.05, 3.63) is 35.9 Å². The van der Waals surface area contributed by atoms with Gasteiger partial charge in [-0.2, -0.15) is 0 Å². The standard InChI is InChI=1S/C18H25NO4/c1-13-12-15(22-16(13)20)19(17(21)23-18(2,3)4)11-10-14-8-6-5-7-9-14/h5-9,13,15H,10-12H2,1-4H3/t13?,15-/m0/s1. The fraction of sp³-hybridized carbons (Fsp3) is 0.556. The second-order valence-corrected chi connectivity index (χ2v) is 6.94. The molecule has 1 aliphatic rings. The van der Waals surface area contributed by atoms with E-state index in [-0.39, 0.29) is 11.9 Å². The van der Waals surface area contributed by atoms with Crippen LogP contribution in [0.25, 0.3) is 0 Å². The highest BCUT2D eigenvalue weighted by Gasteiger charge is 2.38. The Morgan fingerprint density at radius 3 is 2.48 bits per heavy atom. The number of carbonyl (C=O) groups excluding carboxylic acids is 2. The number of esters is 1. The van der Waals surface area contributed by atoms with Gasteiger partial charge in [0.15, 0.2) is 6.23 Å². The first kappa shape index (κ1) is 17.3. The number of cyclic esters (lactones) is 1. The SMILES string of the molecule is CC1C[C@@H](N(CCc2ccccc2)C(=O)OC(C)(C)C)OC1=O. The van der Waals surface area contributed by atoms with E-state index in [0.29, 0.717) is 19.4 Å². The third kappa shape index (κ3) is 4.98. The van der Waals surface area contributed by atoms with Crippen LogP contribution < -0.4 is 0 Å². The molecule has 0 aromatic heterocycles. The van der Waals surface area contributed by atoms with E-state index in [1.807, 2.05) is 58.0 Å². The van der Waals surface area contributed by atoms with E-state index < -0.39 is 17.9 Å². The van der Waals surface area contributed by atoms with Gasteiger partial charge < -0.3 is 9.47 Å². The molecule has 1 aromatic carbocycles. The summed E-state index contributed by atoms with van der Waals surface area (Å²) >= 11 is 0. The first-order valence-electron chi connectivity index (χ1n) is 8.00. The minimum atomic E-state index is -0.587. The summed E-state index contributed by atoms with van der Waals surface area (Å²) in [7, 11) is 0. The molecule has 0 bridgehead atoms. The third-order valence-electron chi connectivity index (χ3n) is 3.67. The van der Waals surface area contributed by atoms with Gasteiger partial charge >= 0.3 is 12.1 Å². The number of nitrogens with zero attached hydrogens (tertiary/aromatic N) is 1. The van der Waals surface area contributed by atoms with Gasteiger partial charge in [0, 0.05) is 13.0 Å². The normalized spacial score (nSPS) is 21.0. The van der Waals surface area contributed by atoms with E-state index in [9.17, 15) is 9.59 Å². The summed E-state index contributed by atoms with van der Waals surface area (Å²) in [5.74, 6) is -0.454. The molecule has 1 aromatic rings. The molecule has 1 fully saturated rings. The van der Waals surface area contributed by atoms with Crippen molar-refractivity contribution in [2.24, 2.45) is 5.92 Å². The molecular weight excluding hydrogens is 294 g/mol. The van der Waals surface area contributed by atoms with Crippen LogP contribution in [0.5, 0.6) is 0 Å². The first-order valence-corrected chi connectivity index (χ1v) is 8.00. The Balaban J connectivity index is 2.08. The Morgan fingerprint density at radius 1 is 1.30 bits per heavy atom. The molecule has 1 unspecified atom stereocenters. The van der Waals surface area contributed by atoms with Gasteiger partial charge in [0.2, 0.25) is 0 Å². The van der Waals surface area contributed by atoms with E-state index in [1.165, 1.54) is 4.90 Å². The van der Waals surface area contributed by atoms with Crippen LogP contribution in [0.15, 0.2) is 30.3 Å². The zero-order valence-corrected chi connectivity index (χ0v) is 14.2. The van der Waals surface area contributed by atoms with Crippen molar-refractivity contribution in [2.45, 2.75) is 52.4 Å². The predicted octanol–water partition coefficient (Wildman–Crippen LogP) is 3.38. The Bertz CT molecular complexity index is 550. The van der Waals surface area contributed by atoms with Crippen molar-refractivity contribution >= 4 is 12.1 Å². The van der Waals surface area contributed by atoms with Crippen molar-refractivity contribution in [1.82, 2.24) is 4.90 Å². The minimum Gasteiger partial charge on any atom is -0.444 e. The Hall–Kier alpha value is -2.04. The predicted molar refractivity (Wildman–Crippen MR) is 86.7 cm³/mol. The summed E-state index contributed by atoms with van der Waals surface area (Å²) in [5.41, 5.74) is 0.537. The van der Waals surface area contributed by atoms with Gasteiger partial charge in [0.1, 0.15) is 5.60 Å². The van der Waals surface area contributed by atoms with Crippen LogP contribution >= 0.6 is 0 Å². The molecule has 1 aliphatic heterocycles. The highest BCUT2D eigenvalue weighted by Crippen LogP contribution is 2.25. The zero-order chi connectivity index (χ0) is 17.0. The zero-order valence-electron chi connectivity index (χ0n) is 14.2. The Kier molecular flexibility index (Phi) is 5.29. The molecule has 2 rings (SSSR count). The van der Waals surface area contributed by atoms with Gasteiger partial charge in [-0.1, -0.05) is 37.3 Å². The number of hydrogen-bond donors (Lipinski definition) is 0. The summed E-state index contributed by atoms with van der Waals surface area (Å²) in [5, 5.41) is 0. The van der Waals surface area contributed by atoms with Crippen molar-refractivity contribution < 1.29 is 19.1 Å². The van der Waals surface area contributed by atoms with Crippen LogP contribution in [0.4, 0.5) is 4.79 Å². The number of benzene rings is 1. The van der Waals surface area contributed by atoms with Crippen LogP contribution in [0.2, 0.25) is 0 Å². The second kappa shape index (κ2) is 7.02. The maximum absolute atomic E-state index is 12.5. The Labute approximate surface area is 137 Å². The number of rotatable bonds is 4. The van der Waals surface area contributed by atoms with E-state index in [4.69, 9.17) is 9.47 Å². The number of hydrogen-bond acceptors (Lipinski definition) is 4. The molecule has 1 amide bonds. The largest absolute Gasteiger partial charge is 0.444 e. The summed E-state index contributed by atoms with van der Waals surface area (Å²) < 4.78 is 10.8. The highest BCUT2D eigenvalue weighted by atomic mass is 16.6. The quantitative estimate of drug-likeness (QED) is 0.798. The fourth-order valence-electron chi connectivity index (χ4n) is 2.46. The number of amides is 1. The first-order chi connectivity index (χ1) is 10.8. The van der Waals surface area contributed by atoms with E-state index in [2.05, 4.69) is 0 Å². The van der Waals surface area contributed by atoms with Gasteiger partial charge in [-0.25, -0.2) is 4.79 Å². The number of ether oxygens (including phenoxy) is 2. The van der Waals surface area contributed by atoms with Gasteiger partial charge in [0.05, 0.1) is 5.92 Å². The molecule has 23 heavy (non-hydrogen) atoms. The Morgan fingerprint density at radius 2 is 1.96 bits per heavy atom. The lowest BCUT2D eigenvalue weighted by molar-refractivity contribution is -0.149. The molecule has 5 nitrogen and oxygen atoms in total. The summed E-state index contributed by atoms with van der Waals surface area (Å²) in [6, 6.07) is 9.90. The summed E-state index contributed by atoms with van der Waals surface area (Å²) in [4.78, 5) is 25.7. The maximum Gasteiger partial charge on any atom is 0.413 e. The summed E-state index contributed by atoms with van der Waals surface area (Å²) in [6.45, 7) is 7.73. The highest BCUT2D eigenvalue weighted by molar-refractivity contribution is 5.75. The van der Waals surface area contributed by atoms with Crippen LogP contribution in [-0.4, -0.2) is 35.3 Å². The van der Waals surface area contributed by atoms with Gasteiger partial charge in [-0.05, 0) is 32.8 Å². The van der Waals surface area contributed by atoms with Gasteiger partial charge in [-0.3, -0.25) is 9.69 Å². The summed E-state index contributed by atoms with van der Waals surface area (Å²) in [6.07, 6.45) is 0.200.